The molecule has 1 N–H and O–H groups in total. The first-order valence-corrected chi connectivity index (χ1v) is 8.85. The van der Waals surface area contributed by atoms with Crippen LogP contribution in [-0.4, -0.2) is 34.5 Å². The third-order valence-corrected chi connectivity index (χ3v) is 4.44. The van der Waals surface area contributed by atoms with Gasteiger partial charge < -0.3 is 4.74 Å². The Morgan fingerprint density at radius 3 is 2.50 bits per heavy atom. The number of H-pyrrole nitrogens is 1. The van der Waals surface area contributed by atoms with E-state index in [0.29, 0.717) is 10.6 Å². The van der Waals surface area contributed by atoms with Crippen molar-refractivity contribution < 1.29 is 4.74 Å². The minimum atomic E-state index is 0.442. The maximum Gasteiger partial charge on any atom is 0.216 e. The van der Waals surface area contributed by atoms with E-state index in [0.717, 1.165) is 16.9 Å². The predicted molar refractivity (Wildman–Crippen MR) is 101 cm³/mol. The van der Waals surface area contributed by atoms with Gasteiger partial charge in [-0.2, -0.15) is 14.9 Å². The minimum absolute atomic E-state index is 0.442. The molecule has 0 saturated carbocycles. The first-order valence-electron chi connectivity index (χ1n) is 7.21. The Morgan fingerprint density at radius 2 is 1.88 bits per heavy atom. The highest BCUT2D eigenvalue weighted by Crippen LogP contribution is 2.21. The van der Waals surface area contributed by atoms with Crippen molar-refractivity contribution >= 4 is 30.2 Å². The molecule has 3 aromatic rings. The number of rotatable bonds is 5. The molecule has 0 spiro atoms. The van der Waals surface area contributed by atoms with Gasteiger partial charge in [-0.3, -0.25) is 0 Å². The first kappa shape index (κ1) is 16.5. The van der Waals surface area contributed by atoms with Crippen LogP contribution in [0.25, 0.3) is 11.4 Å². The number of nitrogens with one attached hydrogen (secondary N) is 1. The third kappa shape index (κ3) is 3.58. The highest BCUT2D eigenvalue weighted by molar-refractivity contribution is 7.98. The van der Waals surface area contributed by atoms with E-state index < -0.39 is 0 Å². The van der Waals surface area contributed by atoms with E-state index in [1.54, 1.807) is 29.8 Å². The summed E-state index contributed by atoms with van der Waals surface area (Å²) in [5, 5.41) is 11.5. The molecule has 0 radical (unpaired) electrons. The molecule has 0 bridgehead atoms. The van der Waals surface area contributed by atoms with Crippen LogP contribution in [0.2, 0.25) is 0 Å². The number of nitrogens with zero attached hydrogens (tertiary/aromatic N) is 3. The molecular formula is C17H16N4OS2. The Hall–Kier alpha value is -2.38. The summed E-state index contributed by atoms with van der Waals surface area (Å²) in [5.41, 5.74) is 1.90. The van der Waals surface area contributed by atoms with E-state index in [-0.39, 0.29) is 0 Å². The molecular weight excluding hydrogens is 340 g/mol. The fourth-order valence-corrected chi connectivity index (χ4v) is 2.73. The Morgan fingerprint density at radius 1 is 1.17 bits per heavy atom. The molecule has 24 heavy (non-hydrogen) atoms. The molecule has 0 fully saturated rings. The fraction of sp³-hybridized carbons (Fsp3) is 0.118. The molecule has 2 aromatic carbocycles. The molecule has 122 valence electrons. The lowest BCUT2D eigenvalue weighted by atomic mass is 10.2. The van der Waals surface area contributed by atoms with Crippen molar-refractivity contribution in [3.05, 3.63) is 58.9 Å². The monoisotopic (exact) mass is 356 g/mol. The molecule has 0 aliphatic heterocycles. The molecule has 0 saturated heterocycles. The van der Waals surface area contributed by atoms with Gasteiger partial charge in [0.2, 0.25) is 4.77 Å². The van der Waals surface area contributed by atoms with Gasteiger partial charge in [0, 0.05) is 10.5 Å². The van der Waals surface area contributed by atoms with Gasteiger partial charge in [0.15, 0.2) is 5.82 Å². The number of ether oxygens (including phenoxy) is 1. The molecule has 5 nitrogen and oxygen atoms in total. The van der Waals surface area contributed by atoms with Crippen LogP contribution in [-0.2, 0) is 0 Å². The average molecular weight is 356 g/mol. The smallest absolute Gasteiger partial charge is 0.216 e. The summed E-state index contributed by atoms with van der Waals surface area (Å²) < 4.78 is 7.23. The molecule has 3 rings (SSSR count). The van der Waals surface area contributed by atoms with Crippen LogP contribution >= 0.6 is 24.0 Å². The van der Waals surface area contributed by atoms with Gasteiger partial charge in [-0.1, -0.05) is 12.1 Å². The maximum atomic E-state index is 5.28. The zero-order chi connectivity index (χ0) is 16.9. The number of aromatic nitrogens is 3. The lowest BCUT2D eigenvalue weighted by Crippen LogP contribution is -1.95. The van der Waals surface area contributed by atoms with Crippen LogP contribution in [0.3, 0.4) is 0 Å². The lowest BCUT2D eigenvalue weighted by molar-refractivity contribution is 0.415. The van der Waals surface area contributed by atoms with Crippen molar-refractivity contribution in [2.75, 3.05) is 13.4 Å². The Kier molecular flexibility index (Phi) is 5.12. The van der Waals surface area contributed by atoms with Crippen LogP contribution in [0.4, 0.5) is 0 Å². The van der Waals surface area contributed by atoms with Crippen molar-refractivity contribution in [1.29, 1.82) is 0 Å². The first-order chi connectivity index (χ1) is 11.7. The Labute approximate surface area is 149 Å². The second-order valence-corrected chi connectivity index (χ2v) is 6.18. The molecule has 0 amide bonds. The van der Waals surface area contributed by atoms with Crippen molar-refractivity contribution in [2.24, 2.45) is 5.10 Å². The van der Waals surface area contributed by atoms with Gasteiger partial charge in [0.25, 0.3) is 0 Å². The topological polar surface area (TPSA) is 55.2 Å². The maximum absolute atomic E-state index is 5.28. The molecule has 0 unspecified atom stereocenters. The van der Waals surface area contributed by atoms with Crippen molar-refractivity contribution in [3.8, 4) is 17.1 Å². The molecule has 7 heteroatoms. The van der Waals surface area contributed by atoms with E-state index in [4.69, 9.17) is 17.0 Å². The summed E-state index contributed by atoms with van der Waals surface area (Å²) in [6.45, 7) is 0. The molecule has 1 aromatic heterocycles. The lowest BCUT2D eigenvalue weighted by Gasteiger charge is -2.03. The van der Waals surface area contributed by atoms with E-state index in [1.807, 2.05) is 36.4 Å². The van der Waals surface area contributed by atoms with E-state index in [2.05, 4.69) is 33.7 Å². The van der Waals surface area contributed by atoms with Crippen LogP contribution in [0.1, 0.15) is 5.56 Å². The number of hydrogen-bond donors (Lipinski definition) is 1. The van der Waals surface area contributed by atoms with E-state index in [9.17, 15) is 0 Å². The average Bonchev–Trinajstić information content (AvgIpc) is 3.01. The third-order valence-electron chi connectivity index (χ3n) is 3.44. The Balaban J connectivity index is 1.91. The quantitative estimate of drug-likeness (QED) is 0.422. The minimum Gasteiger partial charge on any atom is -0.497 e. The summed E-state index contributed by atoms with van der Waals surface area (Å²) in [5.74, 6) is 1.44. The normalized spacial score (nSPS) is 11.1. The van der Waals surface area contributed by atoms with Gasteiger partial charge in [0.05, 0.1) is 13.3 Å². The van der Waals surface area contributed by atoms with Crippen molar-refractivity contribution in [1.82, 2.24) is 14.9 Å². The van der Waals surface area contributed by atoms with Crippen molar-refractivity contribution in [3.63, 3.8) is 0 Å². The summed E-state index contributed by atoms with van der Waals surface area (Å²) in [6.07, 6.45) is 3.82. The van der Waals surface area contributed by atoms with Crippen LogP contribution in [0.5, 0.6) is 5.75 Å². The summed E-state index contributed by atoms with van der Waals surface area (Å²) in [4.78, 5) is 1.21. The standard InChI is InChI=1S/C17H16N4OS2/c1-22-14-7-5-13(6-8-14)16-19-20-17(23)21(16)18-11-12-3-9-15(24-2)10-4-12/h3-11H,1-2H3,(H,20,23). The summed E-state index contributed by atoms with van der Waals surface area (Å²) in [6, 6.07) is 15.8. The molecule has 0 atom stereocenters. The van der Waals surface area contributed by atoms with Crippen LogP contribution in [0, 0.1) is 4.77 Å². The SMILES string of the molecule is COc1ccc(-c2n[nH]c(=S)n2N=Cc2ccc(SC)cc2)cc1. The number of benzene rings is 2. The fourth-order valence-electron chi connectivity index (χ4n) is 2.14. The molecule has 0 aliphatic carbocycles. The zero-order valence-electron chi connectivity index (χ0n) is 13.3. The number of aromatic amines is 1. The van der Waals surface area contributed by atoms with Gasteiger partial charge in [-0.15, -0.1) is 11.8 Å². The Bertz CT molecular complexity index is 896. The van der Waals surface area contributed by atoms with Gasteiger partial charge >= 0.3 is 0 Å². The van der Waals surface area contributed by atoms with Crippen molar-refractivity contribution in [2.45, 2.75) is 4.90 Å². The molecule has 0 aliphatic rings. The van der Waals surface area contributed by atoms with E-state index >= 15 is 0 Å². The number of thioether (sulfide) groups is 1. The number of methoxy groups -OCH3 is 1. The van der Waals surface area contributed by atoms with E-state index in [1.165, 1.54) is 4.90 Å². The van der Waals surface area contributed by atoms with Gasteiger partial charge in [-0.05, 0) is 60.4 Å². The largest absolute Gasteiger partial charge is 0.497 e. The highest BCUT2D eigenvalue weighted by atomic mass is 32.2. The highest BCUT2D eigenvalue weighted by Gasteiger charge is 2.08. The second-order valence-electron chi connectivity index (χ2n) is 4.91. The summed E-state index contributed by atoms with van der Waals surface area (Å²) >= 11 is 6.99. The predicted octanol–water partition coefficient (Wildman–Crippen LogP) is 4.22. The molecule has 1 heterocycles. The number of hydrogen-bond acceptors (Lipinski definition) is 5. The van der Waals surface area contributed by atoms with Gasteiger partial charge in [-0.25, -0.2) is 5.10 Å². The van der Waals surface area contributed by atoms with Crippen LogP contribution < -0.4 is 4.74 Å². The van der Waals surface area contributed by atoms with Gasteiger partial charge in [0.1, 0.15) is 5.75 Å². The summed E-state index contributed by atoms with van der Waals surface area (Å²) in [7, 11) is 1.64. The van der Waals surface area contributed by atoms with Crippen LogP contribution in [0.15, 0.2) is 58.5 Å². The second kappa shape index (κ2) is 7.46. The zero-order valence-corrected chi connectivity index (χ0v) is 14.9.